The van der Waals surface area contributed by atoms with Gasteiger partial charge in [-0.05, 0) is 37.0 Å². The van der Waals surface area contributed by atoms with Crippen LogP contribution < -0.4 is 5.32 Å². The number of hydrogen-bond donors (Lipinski definition) is 2. The van der Waals surface area contributed by atoms with Crippen LogP contribution in [0.2, 0.25) is 0 Å². The van der Waals surface area contributed by atoms with Crippen LogP contribution in [-0.4, -0.2) is 21.6 Å². The highest BCUT2D eigenvalue weighted by Crippen LogP contribution is 2.32. The van der Waals surface area contributed by atoms with Gasteiger partial charge in [0.2, 0.25) is 5.91 Å². The number of amides is 1. The number of anilines is 1. The van der Waals surface area contributed by atoms with Gasteiger partial charge in [0.25, 0.3) is 0 Å². The van der Waals surface area contributed by atoms with Crippen LogP contribution >= 0.6 is 11.8 Å². The minimum atomic E-state index is -0.0386. The van der Waals surface area contributed by atoms with Crippen molar-refractivity contribution in [1.82, 2.24) is 9.97 Å². The Morgan fingerprint density at radius 3 is 2.33 bits per heavy atom. The normalized spacial score (nSPS) is 10.8. The van der Waals surface area contributed by atoms with Crippen molar-refractivity contribution in [3.8, 4) is 22.5 Å². The molecule has 4 aromatic rings. The van der Waals surface area contributed by atoms with E-state index in [9.17, 15) is 4.79 Å². The van der Waals surface area contributed by atoms with Gasteiger partial charge < -0.3 is 10.3 Å². The molecule has 0 spiro atoms. The maximum atomic E-state index is 12.7. The zero-order valence-corrected chi connectivity index (χ0v) is 19.9. The summed E-state index contributed by atoms with van der Waals surface area (Å²) < 4.78 is 0. The predicted octanol–water partition coefficient (Wildman–Crippen LogP) is 7.13. The molecular weight excluding hydrogens is 426 g/mol. The third-order valence-corrected chi connectivity index (χ3v) is 6.39. The first kappa shape index (κ1) is 22.9. The first-order chi connectivity index (χ1) is 16.1. The lowest BCUT2D eigenvalue weighted by Gasteiger charge is -2.10. The minimum absolute atomic E-state index is 0.0386. The molecule has 4 rings (SSSR count). The summed E-state index contributed by atoms with van der Waals surface area (Å²) in [4.78, 5) is 20.9. The van der Waals surface area contributed by atoms with Crippen molar-refractivity contribution in [1.29, 1.82) is 0 Å². The number of H-pyrrole nitrogens is 1. The van der Waals surface area contributed by atoms with E-state index in [2.05, 4.69) is 53.6 Å². The molecular formula is C28H29N3OS. The molecule has 1 aromatic heterocycles. The van der Waals surface area contributed by atoms with Gasteiger partial charge >= 0.3 is 0 Å². The number of hydrogen-bond acceptors (Lipinski definition) is 3. The third-order valence-electron chi connectivity index (χ3n) is 5.52. The number of carbonyl (C=O) groups excluding carboxylic acids is 1. The lowest BCUT2D eigenvalue weighted by molar-refractivity contribution is -0.113. The van der Waals surface area contributed by atoms with Gasteiger partial charge in [0.15, 0.2) is 5.16 Å². The Hall–Kier alpha value is -3.31. The Kier molecular flexibility index (Phi) is 7.63. The van der Waals surface area contributed by atoms with E-state index < -0.39 is 0 Å². The van der Waals surface area contributed by atoms with Gasteiger partial charge in [0.05, 0.1) is 17.1 Å². The number of aromatic amines is 1. The molecule has 3 aromatic carbocycles. The summed E-state index contributed by atoms with van der Waals surface area (Å²) in [6.07, 6.45) is 3.44. The van der Waals surface area contributed by atoms with E-state index in [4.69, 9.17) is 4.98 Å². The van der Waals surface area contributed by atoms with Crippen LogP contribution in [0.1, 0.15) is 30.9 Å². The monoisotopic (exact) mass is 455 g/mol. The zero-order valence-electron chi connectivity index (χ0n) is 19.1. The van der Waals surface area contributed by atoms with Crippen LogP contribution in [0.5, 0.6) is 0 Å². The molecule has 0 saturated carbocycles. The highest BCUT2D eigenvalue weighted by Gasteiger charge is 2.15. The highest BCUT2D eigenvalue weighted by molar-refractivity contribution is 7.99. The largest absolute Gasteiger partial charge is 0.332 e. The number of nitrogens with one attached hydrogen (secondary N) is 2. The molecule has 33 heavy (non-hydrogen) atoms. The minimum Gasteiger partial charge on any atom is -0.332 e. The second-order valence-electron chi connectivity index (χ2n) is 8.09. The molecule has 0 fully saturated rings. The second kappa shape index (κ2) is 11.0. The van der Waals surface area contributed by atoms with E-state index in [0.717, 1.165) is 45.3 Å². The Labute approximate surface area is 199 Å². The fourth-order valence-electron chi connectivity index (χ4n) is 3.76. The van der Waals surface area contributed by atoms with Crippen molar-refractivity contribution >= 4 is 23.4 Å². The molecule has 168 valence electrons. The van der Waals surface area contributed by atoms with Crippen molar-refractivity contribution in [2.75, 3.05) is 11.1 Å². The molecule has 1 heterocycles. The number of rotatable bonds is 9. The smallest absolute Gasteiger partial charge is 0.234 e. The van der Waals surface area contributed by atoms with E-state index in [0.29, 0.717) is 0 Å². The van der Waals surface area contributed by atoms with E-state index in [1.54, 1.807) is 0 Å². The molecule has 2 N–H and O–H groups in total. The van der Waals surface area contributed by atoms with Crippen molar-refractivity contribution in [2.45, 2.75) is 38.3 Å². The van der Waals surface area contributed by atoms with Gasteiger partial charge in [0, 0.05) is 16.8 Å². The quantitative estimate of drug-likeness (QED) is 0.264. The molecule has 5 heteroatoms. The number of benzene rings is 3. The van der Waals surface area contributed by atoms with E-state index in [-0.39, 0.29) is 11.7 Å². The number of unbranched alkanes of at least 4 members (excludes halogenated alkanes) is 1. The SMILES string of the molecule is CCCCc1ccc(NC(=O)CSc2nc(-c3ccccc3)c(-c3ccccc3)[nH]2)c(C)c1. The van der Waals surface area contributed by atoms with E-state index in [1.165, 1.54) is 30.2 Å². The van der Waals surface area contributed by atoms with Crippen LogP contribution in [0.4, 0.5) is 5.69 Å². The molecule has 0 aliphatic heterocycles. The Bertz CT molecular complexity index is 1150. The molecule has 0 atom stereocenters. The van der Waals surface area contributed by atoms with Gasteiger partial charge in [-0.25, -0.2) is 4.98 Å². The summed E-state index contributed by atoms with van der Waals surface area (Å²) in [5, 5.41) is 3.78. The molecule has 0 radical (unpaired) electrons. The van der Waals surface area contributed by atoms with Crippen LogP contribution in [0.3, 0.4) is 0 Å². The van der Waals surface area contributed by atoms with Crippen molar-refractivity contribution in [2.24, 2.45) is 0 Å². The van der Waals surface area contributed by atoms with Gasteiger partial charge in [0.1, 0.15) is 0 Å². The summed E-state index contributed by atoms with van der Waals surface area (Å²) in [6.45, 7) is 4.24. The van der Waals surface area contributed by atoms with Crippen LogP contribution in [0.25, 0.3) is 22.5 Å². The molecule has 0 unspecified atom stereocenters. The van der Waals surface area contributed by atoms with Crippen molar-refractivity contribution in [3.05, 3.63) is 90.0 Å². The van der Waals surface area contributed by atoms with Gasteiger partial charge in [-0.1, -0.05) is 97.9 Å². The zero-order chi connectivity index (χ0) is 23.0. The van der Waals surface area contributed by atoms with Gasteiger partial charge in [-0.2, -0.15) is 0 Å². The average molecular weight is 456 g/mol. The maximum Gasteiger partial charge on any atom is 0.234 e. The first-order valence-electron chi connectivity index (χ1n) is 11.4. The lowest BCUT2D eigenvalue weighted by atomic mass is 10.0. The summed E-state index contributed by atoms with van der Waals surface area (Å²) >= 11 is 1.41. The second-order valence-corrected chi connectivity index (χ2v) is 9.05. The molecule has 0 bridgehead atoms. The van der Waals surface area contributed by atoms with E-state index >= 15 is 0 Å². The number of aryl methyl sites for hydroxylation is 2. The molecule has 4 nitrogen and oxygen atoms in total. The lowest BCUT2D eigenvalue weighted by Crippen LogP contribution is -2.15. The average Bonchev–Trinajstić information content (AvgIpc) is 3.28. The van der Waals surface area contributed by atoms with Crippen molar-refractivity contribution in [3.63, 3.8) is 0 Å². The molecule has 0 saturated heterocycles. The van der Waals surface area contributed by atoms with Crippen LogP contribution in [0, 0.1) is 6.92 Å². The van der Waals surface area contributed by atoms with Gasteiger partial charge in [-0.15, -0.1) is 0 Å². The number of thioether (sulfide) groups is 1. The number of carbonyl (C=O) groups is 1. The Morgan fingerprint density at radius 2 is 1.67 bits per heavy atom. The number of aromatic nitrogens is 2. The summed E-state index contributed by atoms with van der Waals surface area (Å²) in [5.74, 6) is 0.246. The maximum absolute atomic E-state index is 12.7. The van der Waals surface area contributed by atoms with Crippen LogP contribution in [0.15, 0.2) is 84.0 Å². The number of imidazole rings is 1. The number of nitrogens with zero attached hydrogens (tertiary/aromatic N) is 1. The third kappa shape index (κ3) is 5.93. The Balaban J connectivity index is 1.46. The summed E-state index contributed by atoms with van der Waals surface area (Å²) in [5.41, 5.74) is 7.25. The first-order valence-corrected chi connectivity index (χ1v) is 12.4. The van der Waals surface area contributed by atoms with Crippen LogP contribution in [-0.2, 0) is 11.2 Å². The highest BCUT2D eigenvalue weighted by atomic mass is 32.2. The standard InChI is InChI=1S/C28H29N3OS/c1-3-4-11-21-16-17-24(20(2)18-21)29-25(32)19-33-28-30-26(22-12-7-5-8-13-22)27(31-28)23-14-9-6-10-15-23/h5-10,12-18H,3-4,11,19H2,1-2H3,(H,29,32)(H,30,31). The van der Waals surface area contributed by atoms with E-state index in [1.807, 2.05) is 49.4 Å². The summed E-state index contributed by atoms with van der Waals surface area (Å²) in [7, 11) is 0. The predicted molar refractivity (Wildman–Crippen MR) is 139 cm³/mol. The molecule has 1 amide bonds. The fourth-order valence-corrected chi connectivity index (χ4v) is 4.43. The Morgan fingerprint density at radius 1 is 0.970 bits per heavy atom. The molecule has 0 aliphatic rings. The fraction of sp³-hybridized carbons (Fsp3) is 0.214. The summed E-state index contributed by atoms with van der Waals surface area (Å²) in [6, 6.07) is 26.6. The topological polar surface area (TPSA) is 57.8 Å². The van der Waals surface area contributed by atoms with Gasteiger partial charge in [-0.3, -0.25) is 4.79 Å². The molecule has 0 aliphatic carbocycles. The van der Waals surface area contributed by atoms with Crippen molar-refractivity contribution < 1.29 is 4.79 Å².